The number of piperidine rings is 1. The smallest absolute Gasteiger partial charge is 0.327 e. The lowest BCUT2D eigenvalue weighted by Gasteiger charge is -2.34. The van der Waals surface area contributed by atoms with E-state index < -0.39 is 11.6 Å². The number of hydrogen-bond acceptors (Lipinski definition) is 4. The SMILES string of the molecule is CCN1CC(NC(=O)N2CCC(n3c(=O)[nH]c4ncccc43)CC2)CCC(c2cccc(F)c2F)C1. The Morgan fingerprint density at radius 1 is 1.11 bits per heavy atom. The van der Waals surface area contributed by atoms with Gasteiger partial charge in [-0.25, -0.2) is 23.4 Å². The van der Waals surface area contributed by atoms with Gasteiger partial charge in [-0.05, 0) is 61.9 Å². The van der Waals surface area contributed by atoms with E-state index in [2.05, 4.69) is 20.2 Å². The molecule has 2 fully saturated rings. The largest absolute Gasteiger partial charge is 0.334 e. The van der Waals surface area contributed by atoms with Gasteiger partial charge in [0.25, 0.3) is 0 Å². The molecule has 0 aliphatic carbocycles. The van der Waals surface area contributed by atoms with Crippen molar-refractivity contribution in [2.24, 2.45) is 0 Å². The van der Waals surface area contributed by atoms with Crippen molar-refractivity contribution in [1.29, 1.82) is 0 Å². The number of nitrogens with one attached hydrogen (secondary N) is 2. The molecule has 0 saturated carbocycles. The van der Waals surface area contributed by atoms with Crippen LogP contribution in [0.1, 0.15) is 50.1 Å². The van der Waals surface area contributed by atoms with Crippen LogP contribution < -0.4 is 11.0 Å². The molecule has 0 spiro atoms. The third-order valence-corrected chi connectivity index (χ3v) is 7.62. The van der Waals surface area contributed by atoms with Crippen LogP contribution in [0.3, 0.4) is 0 Å². The summed E-state index contributed by atoms with van der Waals surface area (Å²) in [5, 5.41) is 3.17. The molecule has 2 amide bonds. The van der Waals surface area contributed by atoms with Gasteiger partial charge in [0, 0.05) is 44.5 Å². The highest BCUT2D eigenvalue weighted by Crippen LogP contribution is 2.30. The van der Waals surface area contributed by atoms with E-state index in [-0.39, 0.29) is 29.7 Å². The molecule has 0 radical (unpaired) electrons. The third-order valence-electron chi connectivity index (χ3n) is 7.62. The zero-order chi connectivity index (χ0) is 25.2. The molecule has 8 nitrogen and oxygen atoms in total. The van der Waals surface area contributed by atoms with E-state index >= 15 is 0 Å². The number of likely N-dealkylation sites (N-methyl/N-ethyl adjacent to an activating group) is 1. The number of rotatable bonds is 4. The number of aromatic nitrogens is 3. The van der Waals surface area contributed by atoms with Crippen molar-refractivity contribution in [2.75, 3.05) is 32.7 Å². The Morgan fingerprint density at radius 3 is 2.69 bits per heavy atom. The number of hydrogen-bond donors (Lipinski definition) is 2. The molecule has 1 aromatic carbocycles. The number of nitrogens with zero attached hydrogens (tertiary/aromatic N) is 4. The molecule has 3 aromatic rings. The minimum Gasteiger partial charge on any atom is -0.334 e. The number of amides is 2. The van der Waals surface area contributed by atoms with Crippen molar-refractivity contribution in [3.05, 3.63) is 64.2 Å². The van der Waals surface area contributed by atoms with E-state index in [9.17, 15) is 18.4 Å². The molecule has 0 bridgehead atoms. The van der Waals surface area contributed by atoms with Crippen molar-refractivity contribution >= 4 is 17.2 Å². The highest BCUT2D eigenvalue weighted by atomic mass is 19.2. The first-order valence-electron chi connectivity index (χ1n) is 12.7. The van der Waals surface area contributed by atoms with Crippen molar-refractivity contribution in [3.63, 3.8) is 0 Å². The number of benzene rings is 1. The quantitative estimate of drug-likeness (QED) is 0.576. The standard InChI is InChI=1S/C26H32F2N6O2/c1-2-32-15-17(20-5-3-6-21(27)23(20)28)8-9-18(16-32)30-25(35)33-13-10-19(11-14-33)34-22-7-4-12-29-24(22)31-26(34)36/h3-7,12,17-19H,2,8-11,13-16H2,1H3,(H,30,35)(H,29,31,36). The lowest BCUT2D eigenvalue weighted by molar-refractivity contribution is 0.164. The highest BCUT2D eigenvalue weighted by Gasteiger charge is 2.30. The zero-order valence-corrected chi connectivity index (χ0v) is 20.4. The van der Waals surface area contributed by atoms with Gasteiger partial charge in [-0.1, -0.05) is 19.1 Å². The Morgan fingerprint density at radius 2 is 1.92 bits per heavy atom. The van der Waals surface area contributed by atoms with E-state index in [0.29, 0.717) is 63.1 Å². The molecule has 2 aliphatic heterocycles. The number of likely N-dealkylation sites (tertiary alicyclic amines) is 2. The molecule has 5 rings (SSSR count). The summed E-state index contributed by atoms with van der Waals surface area (Å²) < 4.78 is 30.0. The van der Waals surface area contributed by atoms with Gasteiger partial charge in [0.2, 0.25) is 0 Å². The minimum absolute atomic E-state index is 0.00915. The summed E-state index contributed by atoms with van der Waals surface area (Å²) in [6.45, 7) is 5.21. The maximum atomic E-state index is 14.4. The first kappa shape index (κ1) is 24.4. The van der Waals surface area contributed by atoms with Gasteiger partial charge in [0.05, 0.1) is 5.52 Å². The van der Waals surface area contributed by atoms with Crippen LogP contribution in [-0.4, -0.2) is 69.1 Å². The highest BCUT2D eigenvalue weighted by molar-refractivity contribution is 5.74. The first-order chi connectivity index (χ1) is 17.4. The first-order valence-corrected chi connectivity index (χ1v) is 12.7. The number of fused-ring (bicyclic) bond motifs is 1. The predicted octanol–water partition coefficient (Wildman–Crippen LogP) is 3.62. The molecular weight excluding hydrogens is 466 g/mol. The van der Waals surface area contributed by atoms with Crippen molar-refractivity contribution < 1.29 is 13.6 Å². The van der Waals surface area contributed by atoms with Crippen LogP contribution in [0.2, 0.25) is 0 Å². The fraction of sp³-hybridized carbons (Fsp3) is 0.500. The molecule has 2 unspecified atom stereocenters. The molecule has 10 heteroatoms. The normalized spacial score (nSPS) is 22.0. The number of pyridine rings is 1. The third kappa shape index (κ3) is 4.86. The Labute approximate surface area is 208 Å². The average Bonchev–Trinajstić information content (AvgIpc) is 3.08. The summed E-state index contributed by atoms with van der Waals surface area (Å²) in [6.07, 6.45) is 4.38. The van der Waals surface area contributed by atoms with Gasteiger partial charge in [0.15, 0.2) is 17.3 Å². The number of aromatic amines is 1. The molecule has 2 aliphatic rings. The van der Waals surface area contributed by atoms with E-state index in [1.165, 1.54) is 0 Å². The number of H-pyrrole nitrogens is 1. The summed E-state index contributed by atoms with van der Waals surface area (Å²) in [7, 11) is 0. The van der Waals surface area contributed by atoms with Gasteiger partial charge < -0.3 is 15.1 Å². The molecule has 4 heterocycles. The fourth-order valence-electron chi connectivity index (χ4n) is 5.66. The van der Waals surface area contributed by atoms with Crippen LogP contribution in [0.4, 0.5) is 13.6 Å². The van der Waals surface area contributed by atoms with Crippen molar-refractivity contribution in [2.45, 2.75) is 50.6 Å². The number of halogens is 2. The van der Waals surface area contributed by atoms with E-state index in [1.807, 2.05) is 19.1 Å². The monoisotopic (exact) mass is 498 g/mol. The Kier molecular flexibility index (Phi) is 7.04. The van der Waals surface area contributed by atoms with E-state index in [1.54, 1.807) is 27.8 Å². The zero-order valence-electron chi connectivity index (χ0n) is 20.4. The summed E-state index contributed by atoms with van der Waals surface area (Å²) in [5.41, 5.74) is 1.60. The van der Waals surface area contributed by atoms with Crippen LogP contribution in [0, 0.1) is 11.6 Å². The van der Waals surface area contributed by atoms with Gasteiger partial charge >= 0.3 is 11.7 Å². The fourth-order valence-corrected chi connectivity index (χ4v) is 5.66. The molecular formula is C26H32F2N6O2. The summed E-state index contributed by atoms with van der Waals surface area (Å²) in [4.78, 5) is 36.6. The number of imidazole rings is 1. The molecule has 192 valence electrons. The molecule has 2 atom stereocenters. The Balaban J connectivity index is 1.20. The maximum Gasteiger partial charge on any atom is 0.327 e. The van der Waals surface area contributed by atoms with Gasteiger partial charge in [0.1, 0.15) is 0 Å². The van der Waals surface area contributed by atoms with Gasteiger partial charge in [-0.3, -0.25) is 9.55 Å². The number of urea groups is 1. The Bertz CT molecular complexity index is 1280. The second-order valence-corrected chi connectivity index (χ2v) is 9.81. The van der Waals surface area contributed by atoms with Gasteiger partial charge in [-0.15, -0.1) is 0 Å². The van der Waals surface area contributed by atoms with Crippen LogP contribution in [0.25, 0.3) is 11.2 Å². The van der Waals surface area contributed by atoms with E-state index in [4.69, 9.17) is 0 Å². The molecule has 36 heavy (non-hydrogen) atoms. The van der Waals surface area contributed by atoms with Crippen molar-refractivity contribution in [1.82, 2.24) is 29.7 Å². The summed E-state index contributed by atoms with van der Waals surface area (Å²) in [6, 6.07) is 7.88. The van der Waals surface area contributed by atoms with Crippen LogP contribution in [0.15, 0.2) is 41.3 Å². The maximum absolute atomic E-state index is 14.4. The molecule has 2 N–H and O–H groups in total. The number of carbonyl (C=O) groups is 1. The topological polar surface area (TPSA) is 86.3 Å². The number of carbonyl (C=O) groups excluding carboxylic acids is 1. The van der Waals surface area contributed by atoms with Gasteiger partial charge in [-0.2, -0.15) is 0 Å². The second-order valence-electron chi connectivity index (χ2n) is 9.81. The van der Waals surface area contributed by atoms with Crippen LogP contribution in [-0.2, 0) is 0 Å². The van der Waals surface area contributed by atoms with E-state index in [0.717, 1.165) is 18.1 Å². The summed E-state index contributed by atoms with van der Waals surface area (Å²) in [5.74, 6) is -1.71. The second kappa shape index (κ2) is 10.4. The minimum atomic E-state index is -0.820. The summed E-state index contributed by atoms with van der Waals surface area (Å²) >= 11 is 0. The molecule has 2 aromatic heterocycles. The van der Waals surface area contributed by atoms with Crippen molar-refractivity contribution in [3.8, 4) is 0 Å². The predicted molar refractivity (Wildman–Crippen MR) is 133 cm³/mol. The van der Waals surface area contributed by atoms with Crippen LogP contribution in [0.5, 0.6) is 0 Å². The average molecular weight is 499 g/mol. The lowest BCUT2D eigenvalue weighted by atomic mass is 9.93. The van der Waals surface area contributed by atoms with Crippen LogP contribution >= 0.6 is 0 Å². The molecule has 2 saturated heterocycles. The lowest BCUT2D eigenvalue weighted by Crippen LogP contribution is -2.50. The Hall–Kier alpha value is -3.27.